The largest absolute Gasteiger partial charge is 0.479 e. The number of aromatic nitrogens is 2. The van der Waals surface area contributed by atoms with Gasteiger partial charge in [-0.2, -0.15) is 0 Å². The second-order valence-electron chi connectivity index (χ2n) is 6.14. The van der Waals surface area contributed by atoms with Crippen LogP contribution in [-0.4, -0.2) is 38.8 Å². The molecule has 0 aliphatic rings. The van der Waals surface area contributed by atoms with Gasteiger partial charge in [-0.05, 0) is 17.5 Å². The smallest absolute Gasteiger partial charge is 0.341 e. The average Bonchev–Trinajstić information content (AvgIpc) is 3.00. The van der Waals surface area contributed by atoms with E-state index < -0.39 is 24.3 Å². The number of ether oxygens (including phenoxy) is 1. The van der Waals surface area contributed by atoms with Crippen LogP contribution in [0.3, 0.4) is 0 Å². The summed E-state index contributed by atoms with van der Waals surface area (Å²) in [7, 11) is 0. The maximum absolute atomic E-state index is 12.6. The van der Waals surface area contributed by atoms with E-state index in [1.807, 2.05) is 37.3 Å². The Kier molecular flexibility index (Phi) is 5.39. The molecule has 0 aliphatic carbocycles. The minimum Gasteiger partial charge on any atom is -0.479 e. The Bertz CT molecular complexity index is 1060. The Morgan fingerprint density at radius 1 is 1.21 bits per heavy atom. The first kappa shape index (κ1) is 19.1. The van der Waals surface area contributed by atoms with Crippen LogP contribution in [0.4, 0.5) is 0 Å². The number of carbonyl (C=O) groups excluding carboxylic acids is 2. The fourth-order valence-corrected chi connectivity index (χ4v) is 3.26. The number of Topliss-reactive ketones (excluding diaryl/α,β-unsaturated/α-hetero) is 1. The van der Waals surface area contributed by atoms with E-state index in [0.717, 1.165) is 11.3 Å². The highest BCUT2D eigenvalue weighted by molar-refractivity contribution is 6.44. The zero-order valence-corrected chi connectivity index (χ0v) is 15.2. The Hall–Kier alpha value is -3.68. The summed E-state index contributed by atoms with van der Waals surface area (Å²) < 4.78 is 6.99. The molecule has 0 unspecified atom stereocenters. The summed E-state index contributed by atoms with van der Waals surface area (Å²) in [5.74, 6) is -3.18. The number of aliphatic carboxylic acids is 1. The van der Waals surface area contributed by atoms with E-state index in [4.69, 9.17) is 15.6 Å². The quantitative estimate of drug-likeness (QED) is 0.451. The van der Waals surface area contributed by atoms with Gasteiger partial charge in [0, 0.05) is 24.5 Å². The van der Waals surface area contributed by atoms with Gasteiger partial charge in [-0.3, -0.25) is 9.59 Å². The molecule has 3 N–H and O–H groups in total. The van der Waals surface area contributed by atoms with Gasteiger partial charge in [0.2, 0.25) is 5.88 Å². The molecule has 8 nitrogen and oxygen atoms in total. The number of fused-ring (bicyclic) bond motifs is 1. The Morgan fingerprint density at radius 3 is 2.54 bits per heavy atom. The number of ketones is 1. The molecule has 0 saturated carbocycles. The topological polar surface area (TPSA) is 124 Å². The zero-order valence-electron chi connectivity index (χ0n) is 15.2. The van der Waals surface area contributed by atoms with Gasteiger partial charge in [0.25, 0.3) is 11.7 Å². The normalized spacial score (nSPS) is 10.8. The number of benzene rings is 1. The summed E-state index contributed by atoms with van der Waals surface area (Å²) >= 11 is 0. The van der Waals surface area contributed by atoms with Crippen LogP contribution >= 0.6 is 0 Å². The van der Waals surface area contributed by atoms with Gasteiger partial charge in [0.1, 0.15) is 5.52 Å². The lowest BCUT2D eigenvalue weighted by Gasteiger charge is -2.08. The molecular weight excluding hydrogens is 362 g/mol. The predicted molar refractivity (Wildman–Crippen MR) is 100 cm³/mol. The number of nitrogens with zero attached hydrogens (tertiary/aromatic N) is 2. The van der Waals surface area contributed by atoms with E-state index in [9.17, 15) is 14.4 Å². The second kappa shape index (κ2) is 7.91. The number of nitrogens with two attached hydrogens (primary N) is 1. The second-order valence-corrected chi connectivity index (χ2v) is 6.14. The number of carbonyl (C=O) groups is 3. The number of hydrogen-bond acceptors (Lipinski definition) is 5. The lowest BCUT2D eigenvalue weighted by molar-refractivity contribution is -0.139. The molecule has 3 rings (SSSR count). The molecule has 0 atom stereocenters. The summed E-state index contributed by atoms with van der Waals surface area (Å²) in [5, 5.41) is 8.91. The standard InChI is InChI=1S/C20H19N3O5/c1-2-13-14(10-12-6-4-3-5-7-12)23-9-8-22-20(28-11-15(24)25)17(23)16(13)18(26)19(21)27/h3-9H,2,10-11H2,1H3,(H2,21,27)(H,24,25). The van der Waals surface area contributed by atoms with E-state index in [1.165, 1.54) is 6.20 Å². The minimum absolute atomic E-state index is 0.0384. The molecule has 3 aromatic rings. The maximum Gasteiger partial charge on any atom is 0.341 e. The van der Waals surface area contributed by atoms with Gasteiger partial charge in [-0.15, -0.1) is 0 Å². The van der Waals surface area contributed by atoms with Crippen LogP contribution in [0.25, 0.3) is 5.52 Å². The molecule has 0 radical (unpaired) electrons. The van der Waals surface area contributed by atoms with E-state index in [-0.39, 0.29) is 17.0 Å². The Labute approximate surface area is 160 Å². The summed E-state index contributed by atoms with van der Waals surface area (Å²) in [6, 6.07) is 9.64. The van der Waals surface area contributed by atoms with Crippen LogP contribution in [0.2, 0.25) is 0 Å². The molecule has 2 aromatic heterocycles. The van der Waals surface area contributed by atoms with Gasteiger partial charge in [-0.25, -0.2) is 9.78 Å². The zero-order chi connectivity index (χ0) is 20.3. The molecule has 28 heavy (non-hydrogen) atoms. The lowest BCUT2D eigenvalue weighted by atomic mass is 9.99. The van der Waals surface area contributed by atoms with Crippen LogP contribution < -0.4 is 10.5 Å². The van der Waals surface area contributed by atoms with Crippen LogP contribution in [0.5, 0.6) is 5.88 Å². The third kappa shape index (κ3) is 3.57. The van der Waals surface area contributed by atoms with E-state index >= 15 is 0 Å². The van der Waals surface area contributed by atoms with Crippen molar-refractivity contribution < 1.29 is 24.2 Å². The van der Waals surface area contributed by atoms with Gasteiger partial charge < -0.3 is 20.0 Å². The molecule has 1 aromatic carbocycles. The molecule has 0 saturated heterocycles. The van der Waals surface area contributed by atoms with Crippen LogP contribution in [-0.2, 0) is 22.4 Å². The van der Waals surface area contributed by atoms with Crippen molar-refractivity contribution in [3.8, 4) is 5.88 Å². The number of carboxylic acids is 1. The fraction of sp³-hybridized carbons (Fsp3) is 0.200. The summed E-state index contributed by atoms with van der Waals surface area (Å²) in [6.07, 6.45) is 4.07. The summed E-state index contributed by atoms with van der Waals surface area (Å²) in [4.78, 5) is 39.2. The minimum atomic E-state index is -1.18. The van der Waals surface area contributed by atoms with Crippen molar-refractivity contribution in [2.75, 3.05) is 6.61 Å². The number of carboxylic acid groups (broad SMARTS) is 1. The highest BCUT2D eigenvalue weighted by Gasteiger charge is 2.28. The molecule has 0 fully saturated rings. The molecule has 144 valence electrons. The first-order valence-corrected chi connectivity index (χ1v) is 8.67. The summed E-state index contributed by atoms with van der Waals surface area (Å²) in [6.45, 7) is 1.24. The van der Waals surface area contributed by atoms with Crippen molar-refractivity contribution in [2.24, 2.45) is 5.73 Å². The van der Waals surface area contributed by atoms with Crippen molar-refractivity contribution in [1.29, 1.82) is 0 Å². The number of primary amides is 1. The average molecular weight is 381 g/mol. The molecule has 0 aliphatic heterocycles. The summed E-state index contributed by atoms with van der Waals surface area (Å²) in [5.41, 5.74) is 8.07. The van der Waals surface area contributed by atoms with Crippen LogP contribution in [0.15, 0.2) is 42.7 Å². The molecule has 0 bridgehead atoms. The lowest BCUT2D eigenvalue weighted by Crippen LogP contribution is -2.24. The van der Waals surface area contributed by atoms with Crippen LogP contribution in [0.1, 0.15) is 34.1 Å². The number of amides is 1. The monoisotopic (exact) mass is 381 g/mol. The van der Waals surface area contributed by atoms with Crippen LogP contribution in [0, 0.1) is 0 Å². The molecular formula is C20H19N3O5. The van der Waals surface area contributed by atoms with Crippen molar-refractivity contribution in [2.45, 2.75) is 19.8 Å². The third-order valence-electron chi connectivity index (χ3n) is 4.38. The highest BCUT2D eigenvalue weighted by Crippen LogP contribution is 2.31. The van der Waals surface area contributed by atoms with E-state index in [2.05, 4.69) is 4.98 Å². The van der Waals surface area contributed by atoms with Crippen molar-refractivity contribution in [3.63, 3.8) is 0 Å². The van der Waals surface area contributed by atoms with E-state index in [0.29, 0.717) is 18.4 Å². The fourth-order valence-electron chi connectivity index (χ4n) is 3.26. The third-order valence-corrected chi connectivity index (χ3v) is 4.38. The van der Waals surface area contributed by atoms with Crippen molar-refractivity contribution in [3.05, 3.63) is 65.1 Å². The highest BCUT2D eigenvalue weighted by atomic mass is 16.5. The Balaban J connectivity index is 2.27. The molecule has 0 spiro atoms. The van der Waals surface area contributed by atoms with Gasteiger partial charge >= 0.3 is 5.97 Å². The number of rotatable bonds is 8. The Morgan fingerprint density at radius 2 is 1.93 bits per heavy atom. The molecule has 2 heterocycles. The van der Waals surface area contributed by atoms with E-state index in [1.54, 1.807) is 10.6 Å². The first-order chi connectivity index (χ1) is 13.4. The van der Waals surface area contributed by atoms with Gasteiger partial charge in [0.15, 0.2) is 6.61 Å². The van der Waals surface area contributed by atoms with Crippen molar-refractivity contribution >= 4 is 23.2 Å². The predicted octanol–water partition coefficient (Wildman–Crippen LogP) is 1.62. The SMILES string of the molecule is CCc1c(C(=O)C(N)=O)c2c(OCC(=O)O)nccn2c1Cc1ccccc1. The van der Waals surface area contributed by atoms with Crippen molar-refractivity contribution in [1.82, 2.24) is 9.38 Å². The molecule has 8 heteroatoms. The number of hydrogen-bond donors (Lipinski definition) is 2. The van der Waals surface area contributed by atoms with Gasteiger partial charge in [0.05, 0.1) is 5.56 Å². The van der Waals surface area contributed by atoms with Gasteiger partial charge in [-0.1, -0.05) is 37.3 Å². The molecule has 1 amide bonds. The maximum atomic E-state index is 12.6. The first-order valence-electron chi connectivity index (χ1n) is 8.67.